The van der Waals surface area contributed by atoms with Gasteiger partial charge in [-0.05, 0) is 77.0 Å². The van der Waals surface area contributed by atoms with E-state index in [2.05, 4.69) is 76.3 Å². The van der Waals surface area contributed by atoms with Crippen molar-refractivity contribution in [2.24, 2.45) is 0 Å². The number of aliphatic hydroxyl groups excluding tert-OH is 1. The largest absolute Gasteiger partial charge is 0.472 e. The summed E-state index contributed by atoms with van der Waals surface area (Å²) < 4.78 is 68.6. The molecular weight excluding hydrogens is 1280 g/mol. The number of phosphoric ester groups is 2. The van der Waals surface area contributed by atoms with Gasteiger partial charge in [-0.1, -0.05) is 320 Å². The summed E-state index contributed by atoms with van der Waals surface area (Å²) in [5.74, 6) is -2.17. The van der Waals surface area contributed by atoms with Gasteiger partial charge in [-0.25, -0.2) is 9.13 Å². The minimum absolute atomic E-state index is 0.0835. The SMILES string of the molecule is CCCCCC/C=C\C=C/CCCCCCCC(=O)OC[C@H](COP(=O)(O)OC[C@@H](O)COP(=O)(O)OC[C@@H](COC(=O)CCCCCCCCCCCCCC)OC(=O)CCCCCCC/C=C\C=C/CCCCCC)OC(=O)CCCCCCCCCCCCCCCCCC. The molecule has 0 spiro atoms. The first-order chi connectivity index (χ1) is 47.7. The third kappa shape index (κ3) is 71.4. The quantitative estimate of drug-likeness (QED) is 0.0169. The van der Waals surface area contributed by atoms with Crippen LogP contribution in [0.4, 0.5) is 0 Å². The topological polar surface area (TPSA) is 237 Å². The number of rotatable bonds is 76. The number of esters is 4. The van der Waals surface area contributed by atoms with Gasteiger partial charge < -0.3 is 33.8 Å². The van der Waals surface area contributed by atoms with Crippen LogP contribution in [-0.4, -0.2) is 96.7 Å². The average molecular weight is 1430 g/mol. The molecule has 574 valence electrons. The van der Waals surface area contributed by atoms with Crippen LogP contribution in [0.5, 0.6) is 0 Å². The highest BCUT2D eigenvalue weighted by Crippen LogP contribution is 2.45. The Balaban J connectivity index is 5.33. The Morgan fingerprint density at radius 2 is 0.490 bits per heavy atom. The lowest BCUT2D eigenvalue weighted by Gasteiger charge is -2.21. The van der Waals surface area contributed by atoms with E-state index in [-0.39, 0.29) is 25.7 Å². The molecule has 0 aliphatic rings. The van der Waals surface area contributed by atoms with Gasteiger partial charge in [0.25, 0.3) is 0 Å². The molecule has 0 aromatic rings. The number of carbonyl (C=O) groups is 4. The first-order valence-electron chi connectivity index (χ1n) is 39.9. The molecule has 0 aliphatic carbocycles. The maximum Gasteiger partial charge on any atom is 0.472 e. The Kier molecular flexibility index (Phi) is 70.2. The molecule has 5 atom stereocenters. The summed E-state index contributed by atoms with van der Waals surface area (Å²) >= 11 is 0. The van der Waals surface area contributed by atoms with E-state index in [4.69, 9.17) is 37.0 Å². The highest BCUT2D eigenvalue weighted by atomic mass is 31.2. The molecule has 2 unspecified atom stereocenters. The third-order valence-corrected chi connectivity index (χ3v) is 19.3. The van der Waals surface area contributed by atoms with Crippen LogP contribution in [0, 0.1) is 0 Å². The first-order valence-corrected chi connectivity index (χ1v) is 42.9. The Hall–Kier alpha value is -2.98. The van der Waals surface area contributed by atoms with E-state index in [0.29, 0.717) is 25.7 Å². The Labute approximate surface area is 597 Å². The van der Waals surface area contributed by atoms with Crippen molar-refractivity contribution in [3.63, 3.8) is 0 Å². The minimum Gasteiger partial charge on any atom is -0.462 e. The predicted octanol–water partition coefficient (Wildman–Crippen LogP) is 22.9. The van der Waals surface area contributed by atoms with Crippen molar-refractivity contribution in [2.45, 2.75) is 393 Å². The molecule has 19 heteroatoms. The van der Waals surface area contributed by atoms with Crippen molar-refractivity contribution >= 4 is 39.5 Å². The zero-order chi connectivity index (χ0) is 71.8. The Bertz CT molecular complexity index is 2050. The van der Waals surface area contributed by atoms with Crippen LogP contribution in [0.25, 0.3) is 0 Å². The molecule has 0 bridgehead atoms. The zero-order valence-electron chi connectivity index (χ0n) is 62.7. The number of unbranched alkanes of at least 4 members (excludes halogenated alkanes) is 44. The summed E-state index contributed by atoms with van der Waals surface area (Å²) in [6.45, 7) is 4.88. The van der Waals surface area contributed by atoms with Crippen molar-refractivity contribution in [1.82, 2.24) is 0 Å². The number of allylic oxidation sites excluding steroid dienone is 8. The smallest absolute Gasteiger partial charge is 0.462 e. The van der Waals surface area contributed by atoms with Gasteiger partial charge in [0.15, 0.2) is 12.2 Å². The van der Waals surface area contributed by atoms with E-state index in [1.54, 1.807) is 0 Å². The van der Waals surface area contributed by atoms with E-state index in [1.807, 2.05) is 0 Å². The summed E-state index contributed by atoms with van der Waals surface area (Å²) in [5, 5.41) is 10.6. The van der Waals surface area contributed by atoms with Gasteiger partial charge in [0, 0.05) is 25.7 Å². The van der Waals surface area contributed by atoms with Crippen LogP contribution >= 0.6 is 15.6 Å². The Morgan fingerprint density at radius 3 is 0.745 bits per heavy atom. The van der Waals surface area contributed by atoms with Crippen molar-refractivity contribution in [3.8, 4) is 0 Å². The van der Waals surface area contributed by atoms with Gasteiger partial charge in [-0.15, -0.1) is 0 Å². The fraction of sp³-hybridized carbons (Fsp3) is 0.848. The van der Waals surface area contributed by atoms with Crippen molar-refractivity contribution in [1.29, 1.82) is 0 Å². The first kappa shape index (κ1) is 95.0. The van der Waals surface area contributed by atoms with Crippen molar-refractivity contribution < 1.29 is 80.2 Å². The molecule has 17 nitrogen and oxygen atoms in total. The fourth-order valence-electron chi connectivity index (χ4n) is 11.2. The zero-order valence-corrected chi connectivity index (χ0v) is 64.5. The van der Waals surface area contributed by atoms with Crippen molar-refractivity contribution in [3.05, 3.63) is 48.6 Å². The minimum atomic E-state index is -4.97. The second-order valence-electron chi connectivity index (χ2n) is 27.1. The number of ether oxygens (including phenoxy) is 4. The molecule has 0 aliphatic heterocycles. The molecular formula is C79H146O17P2. The maximum atomic E-state index is 13.1. The van der Waals surface area contributed by atoms with Gasteiger partial charge in [0.1, 0.15) is 19.3 Å². The van der Waals surface area contributed by atoms with Crippen LogP contribution in [-0.2, 0) is 65.4 Å². The van der Waals surface area contributed by atoms with E-state index >= 15 is 0 Å². The van der Waals surface area contributed by atoms with Gasteiger partial charge in [0.2, 0.25) is 0 Å². The lowest BCUT2D eigenvalue weighted by Crippen LogP contribution is -2.30. The number of hydrogen-bond donors (Lipinski definition) is 3. The third-order valence-electron chi connectivity index (χ3n) is 17.4. The molecule has 0 aromatic carbocycles. The van der Waals surface area contributed by atoms with Crippen LogP contribution < -0.4 is 0 Å². The van der Waals surface area contributed by atoms with E-state index in [9.17, 15) is 43.2 Å². The fourth-order valence-corrected chi connectivity index (χ4v) is 12.8. The predicted molar refractivity (Wildman–Crippen MR) is 400 cm³/mol. The van der Waals surface area contributed by atoms with Gasteiger partial charge in [0.05, 0.1) is 26.4 Å². The van der Waals surface area contributed by atoms with Gasteiger partial charge >= 0.3 is 39.5 Å². The molecule has 0 rings (SSSR count). The van der Waals surface area contributed by atoms with Crippen LogP contribution in [0.2, 0.25) is 0 Å². The number of aliphatic hydroxyl groups is 1. The molecule has 0 saturated carbocycles. The summed E-state index contributed by atoms with van der Waals surface area (Å²) in [6, 6.07) is 0. The molecule has 0 saturated heterocycles. The second-order valence-corrected chi connectivity index (χ2v) is 30.0. The summed E-state index contributed by atoms with van der Waals surface area (Å²) in [4.78, 5) is 72.9. The summed E-state index contributed by atoms with van der Waals surface area (Å²) in [6.07, 6.45) is 69.4. The molecule has 0 radical (unpaired) electrons. The van der Waals surface area contributed by atoms with E-state index in [1.165, 1.54) is 173 Å². The van der Waals surface area contributed by atoms with Crippen molar-refractivity contribution in [2.75, 3.05) is 39.6 Å². The second kappa shape index (κ2) is 72.4. The van der Waals surface area contributed by atoms with E-state index in [0.717, 1.165) is 122 Å². The number of phosphoric acid groups is 2. The highest BCUT2D eigenvalue weighted by molar-refractivity contribution is 7.47. The lowest BCUT2D eigenvalue weighted by atomic mass is 10.0. The molecule has 0 aromatic heterocycles. The standard InChI is InChI=1S/C79H146O17P2/c1-5-9-13-17-21-25-29-33-36-39-42-46-50-54-58-62-66-79(84)96-75(70-90-77(82)64-60-56-52-48-44-40-37-34-30-26-22-18-14-10-6-2)72-94-98(87,88)92-68-73(80)67-91-97(85,86)93-71-74(69-89-76(81)63-59-55-51-47-43-32-28-24-20-16-12-8-4)95-78(83)65-61-57-53-49-45-41-38-35-31-27-23-19-15-11-7-3/h26-27,30-31,34-35,37-38,73-75,80H,5-25,28-29,32-33,36,39-72H2,1-4H3,(H,85,86)(H,87,88)/b30-26-,31-27-,37-34-,38-35-/t73-,74+,75+/m0/s1. The van der Waals surface area contributed by atoms with Crippen LogP contribution in [0.1, 0.15) is 374 Å². The Morgan fingerprint density at radius 1 is 0.286 bits per heavy atom. The monoisotopic (exact) mass is 1430 g/mol. The molecule has 0 fully saturated rings. The van der Waals surface area contributed by atoms with Gasteiger partial charge in [-0.3, -0.25) is 37.3 Å². The lowest BCUT2D eigenvalue weighted by molar-refractivity contribution is -0.161. The van der Waals surface area contributed by atoms with E-state index < -0.39 is 97.5 Å². The molecule has 3 N–H and O–H groups in total. The summed E-state index contributed by atoms with van der Waals surface area (Å²) in [7, 11) is -9.94. The molecule has 0 amide bonds. The maximum absolute atomic E-state index is 13.1. The van der Waals surface area contributed by atoms with Crippen LogP contribution in [0.3, 0.4) is 0 Å². The number of hydrogen-bond acceptors (Lipinski definition) is 15. The molecule has 98 heavy (non-hydrogen) atoms. The van der Waals surface area contributed by atoms with Gasteiger partial charge in [-0.2, -0.15) is 0 Å². The number of carbonyl (C=O) groups excluding carboxylic acids is 4. The molecule has 0 heterocycles. The normalized spacial score (nSPS) is 14.2. The van der Waals surface area contributed by atoms with Crippen LogP contribution in [0.15, 0.2) is 48.6 Å². The summed E-state index contributed by atoms with van der Waals surface area (Å²) in [5.41, 5.74) is 0. The highest BCUT2D eigenvalue weighted by Gasteiger charge is 2.30. The average Bonchev–Trinajstić information content (AvgIpc) is 0.999.